The van der Waals surface area contributed by atoms with Gasteiger partial charge in [-0.25, -0.2) is 4.79 Å². The van der Waals surface area contributed by atoms with E-state index in [-0.39, 0.29) is 6.42 Å². The van der Waals surface area contributed by atoms with Crippen molar-refractivity contribution in [2.45, 2.75) is 18.3 Å². The Morgan fingerprint density at radius 3 is 2.71 bits per heavy atom. The molecule has 0 aliphatic carbocycles. The van der Waals surface area contributed by atoms with Crippen molar-refractivity contribution in [3.05, 3.63) is 48.0 Å². The summed E-state index contributed by atoms with van der Waals surface area (Å²) in [6.07, 6.45) is -0.726. The van der Waals surface area contributed by atoms with E-state index in [0.29, 0.717) is 0 Å². The number of Topliss-reactive ketones (excluding diaryl/α,β-unsaturated/α-hetero) is 1. The fraction of sp³-hybridized carbons (Fsp3) is 0.250. The first-order valence-electron chi connectivity index (χ1n) is 6.55. The number of carbonyl (C=O) groups is 2. The van der Waals surface area contributed by atoms with Gasteiger partial charge in [0.1, 0.15) is 0 Å². The van der Waals surface area contributed by atoms with Gasteiger partial charge in [0.2, 0.25) is 5.78 Å². The van der Waals surface area contributed by atoms with Crippen LogP contribution in [0.25, 0.3) is 10.8 Å². The van der Waals surface area contributed by atoms with E-state index in [2.05, 4.69) is 4.74 Å². The first-order chi connectivity index (χ1) is 10.0. The lowest BCUT2D eigenvalue weighted by Crippen LogP contribution is -2.45. The third-order valence-corrected chi connectivity index (χ3v) is 3.67. The number of fused-ring (bicyclic) bond motifs is 1. The summed E-state index contributed by atoms with van der Waals surface area (Å²) in [6.45, 7) is 0. The highest BCUT2D eigenvalue weighted by Crippen LogP contribution is 2.37. The first kappa shape index (κ1) is 13.7. The summed E-state index contributed by atoms with van der Waals surface area (Å²) in [4.78, 5) is 23.4. The molecule has 2 aromatic carbocycles. The second kappa shape index (κ2) is 4.95. The number of esters is 1. The predicted molar refractivity (Wildman–Crippen MR) is 74.4 cm³/mol. The van der Waals surface area contributed by atoms with Crippen LogP contribution in [0.4, 0.5) is 0 Å². The highest BCUT2D eigenvalue weighted by molar-refractivity contribution is 6.06. The van der Waals surface area contributed by atoms with E-state index in [9.17, 15) is 14.7 Å². The third-order valence-electron chi connectivity index (χ3n) is 3.67. The molecule has 0 aromatic heterocycles. The highest BCUT2D eigenvalue weighted by Gasteiger charge is 2.54. The Kier molecular flexibility index (Phi) is 3.23. The lowest BCUT2D eigenvalue weighted by atomic mass is 10.0. The Balaban J connectivity index is 1.94. The molecule has 1 heterocycles. The number of ether oxygens (including phenoxy) is 2. The fourth-order valence-electron chi connectivity index (χ4n) is 2.51. The van der Waals surface area contributed by atoms with Gasteiger partial charge in [-0.3, -0.25) is 4.79 Å². The predicted octanol–water partition coefficient (Wildman–Crippen LogP) is 1.73. The van der Waals surface area contributed by atoms with Crippen molar-refractivity contribution in [2.75, 3.05) is 7.11 Å². The van der Waals surface area contributed by atoms with Crippen LogP contribution in [0.2, 0.25) is 0 Å². The summed E-state index contributed by atoms with van der Waals surface area (Å²) in [5.74, 6) is -4.27. The van der Waals surface area contributed by atoms with Crippen molar-refractivity contribution < 1.29 is 24.2 Å². The van der Waals surface area contributed by atoms with E-state index >= 15 is 0 Å². The van der Waals surface area contributed by atoms with Gasteiger partial charge in [-0.15, -0.1) is 0 Å². The molecule has 0 amide bonds. The Bertz CT molecular complexity index is 723. The minimum absolute atomic E-state index is 0.0655. The maximum absolute atomic E-state index is 11.9. The van der Waals surface area contributed by atoms with Gasteiger partial charge in [0.15, 0.2) is 0 Å². The van der Waals surface area contributed by atoms with Crippen LogP contribution in [0, 0.1) is 0 Å². The standard InChI is InChI=1S/C16H14O5/c1-20-15(18)16(19)14(17)9-13(21-16)12-7-6-10-4-2-3-5-11(10)8-12/h2-8,13,19H,9H2,1H3. The van der Waals surface area contributed by atoms with E-state index in [1.807, 2.05) is 42.5 Å². The van der Waals surface area contributed by atoms with Crippen molar-refractivity contribution in [3.8, 4) is 0 Å². The summed E-state index contributed by atoms with van der Waals surface area (Å²) in [5, 5.41) is 12.1. The molecule has 0 bridgehead atoms. The monoisotopic (exact) mass is 286 g/mol. The molecule has 108 valence electrons. The molecule has 21 heavy (non-hydrogen) atoms. The number of methoxy groups -OCH3 is 1. The largest absolute Gasteiger partial charge is 0.465 e. The first-order valence-corrected chi connectivity index (χ1v) is 6.55. The molecule has 5 heteroatoms. The van der Waals surface area contributed by atoms with Crippen LogP contribution in [0.5, 0.6) is 0 Å². The topological polar surface area (TPSA) is 72.8 Å². The minimum Gasteiger partial charge on any atom is -0.465 e. The van der Waals surface area contributed by atoms with Gasteiger partial charge >= 0.3 is 11.8 Å². The van der Waals surface area contributed by atoms with Crippen LogP contribution >= 0.6 is 0 Å². The number of ketones is 1. The van der Waals surface area contributed by atoms with E-state index in [1.54, 1.807) is 0 Å². The SMILES string of the molecule is COC(=O)C1(O)OC(c2ccc3ccccc3c2)CC1=O. The Hall–Kier alpha value is -2.24. The maximum Gasteiger partial charge on any atom is 0.374 e. The summed E-state index contributed by atoms with van der Waals surface area (Å²) in [7, 11) is 1.10. The quantitative estimate of drug-likeness (QED) is 0.672. The molecule has 1 aliphatic heterocycles. The molecule has 0 spiro atoms. The number of rotatable bonds is 2. The number of hydrogen-bond donors (Lipinski definition) is 1. The molecule has 2 unspecified atom stereocenters. The second-order valence-electron chi connectivity index (χ2n) is 4.98. The zero-order chi connectivity index (χ0) is 15.0. The van der Waals surface area contributed by atoms with E-state index in [4.69, 9.17) is 4.74 Å². The number of carbonyl (C=O) groups excluding carboxylic acids is 2. The maximum atomic E-state index is 11.9. The van der Waals surface area contributed by atoms with Crippen molar-refractivity contribution >= 4 is 22.5 Å². The zero-order valence-electron chi connectivity index (χ0n) is 11.4. The van der Waals surface area contributed by atoms with Crippen molar-refractivity contribution in [3.63, 3.8) is 0 Å². The van der Waals surface area contributed by atoms with Gasteiger partial charge in [0.05, 0.1) is 13.2 Å². The molecular weight excluding hydrogens is 272 g/mol. The van der Waals surface area contributed by atoms with E-state index in [1.165, 1.54) is 0 Å². The molecule has 5 nitrogen and oxygen atoms in total. The Labute approximate surface area is 121 Å². The average molecular weight is 286 g/mol. The number of hydrogen-bond acceptors (Lipinski definition) is 5. The minimum atomic E-state index is -2.49. The van der Waals surface area contributed by atoms with Gasteiger partial charge in [-0.2, -0.15) is 0 Å². The van der Waals surface area contributed by atoms with E-state index in [0.717, 1.165) is 23.4 Å². The molecule has 1 fully saturated rings. The van der Waals surface area contributed by atoms with Gasteiger partial charge in [-0.05, 0) is 22.4 Å². The lowest BCUT2D eigenvalue weighted by molar-refractivity contribution is -0.217. The lowest BCUT2D eigenvalue weighted by Gasteiger charge is -2.18. The molecule has 1 aliphatic rings. The third kappa shape index (κ3) is 2.20. The van der Waals surface area contributed by atoms with Crippen molar-refractivity contribution in [1.82, 2.24) is 0 Å². The fourth-order valence-corrected chi connectivity index (χ4v) is 2.51. The molecule has 0 saturated carbocycles. The van der Waals surface area contributed by atoms with Crippen LogP contribution in [-0.2, 0) is 19.1 Å². The van der Waals surface area contributed by atoms with Crippen LogP contribution in [0.1, 0.15) is 18.1 Å². The zero-order valence-corrected chi connectivity index (χ0v) is 11.4. The highest BCUT2D eigenvalue weighted by atomic mass is 16.7. The molecule has 1 saturated heterocycles. The number of benzene rings is 2. The van der Waals surface area contributed by atoms with Crippen molar-refractivity contribution in [2.24, 2.45) is 0 Å². The van der Waals surface area contributed by atoms with E-state index < -0.39 is 23.6 Å². The van der Waals surface area contributed by atoms with Crippen molar-refractivity contribution in [1.29, 1.82) is 0 Å². The summed E-state index contributed by atoms with van der Waals surface area (Å²) < 4.78 is 9.71. The van der Waals surface area contributed by atoms with Gasteiger partial charge in [0, 0.05) is 6.42 Å². The smallest absolute Gasteiger partial charge is 0.374 e. The molecular formula is C16H14O5. The molecule has 2 aromatic rings. The van der Waals surface area contributed by atoms with Gasteiger partial charge < -0.3 is 14.6 Å². The molecule has 0 radical (unpaired) electrons. The second-order valence-corrected chi connectivity index (χ2v) is 4.98. The van der Waals surface area contributed by atoms with Crippen LogP contribution in [0.3, 0.4) is 0 Å². The molecule has 1 N–H and O–H groups in total. The summed E-state index contributed by atoms with van der Waals surface area (Å²) in [6, 6.07) is 13.4. The average Bonchev–Trinajstić information content (AvgIpc) is 2.82. The Morgan fingerprint density at radius 1 is 1.29 bits per heavy atom. The van der Waals surface area contributed by atoms with Gasteiger partial charge in [0.25, 0.3) is 0 Å². The van der Waals surface area contributed by atoms with Crippen LogP contribution < -0.4 is 0 Å². The number of aliphatic hydroxyl groups is 1. The summed E-state index contributed by atoms with van der Waals surface area (Å²) in [5.41, 5.74) is 0.738. The Morgan fingerprint density at radius 2 is 2.00 bits per heavy atom. The normalized spacial score (nSPS) is 25.2. The van der Waals surface area contributed by atoms with Gasteiger partial charge in [-0.1, -0.05) is 36.4 Å². The molecule has 2 atom stereocenters. The van der Waals surface area contributed by atoms with Crippen LogP contribution in [-0.4, -0.2) is 29.8 Å². The van der Waals surface area contributed by atoms with Crippen LogP contribution in [0.15, 0.2) is 42.5 Å². The molecule has 3 rings (SSSR count). The summed E-state index contributed by atoms with van der Waals surface area (Å²) >= 11 is 0.